The Morgan fingerprint density at radius 1 is 1.06 bits per heavy atom. The molecule has 1 aliphatic rings. The van der Waals surface area contributed by atoms with E-state index in [9.17, 15) is 18.0 Å². The minimum atomic E-state index is -3.97. The Morgan fingerprint density at radius 2 is 1.85 bits per heavy atom. The van der Waals surface area contributed by atoms with E-state index >= 15 is 0 Å². The highest BCUT2D eigenvalue weighted by atomic mass is 35.5. The molecule has 0 radical (unpaired) electrons. The molecule has 2 amide bonds. The van der Waals surface area contributed by atoms with E-state index in [0.717, 1.165) is 6.42 Å². The number of hydrogen-bond acceptors (Lipinski definition) is 5. The number of methoxy groups -OCH3 is 1. The number of ether oxygens (including phenoxy) is 1. The molecule has 1 aliphatic heterocycles. The van der Waals surface area contributed by atoms with Crippen molar-refractivity contribution < 1.29 is 22.7 Å². The summed E-state index contributed by atoms with van der Waals surface area (Å²) in [5.41, 5.74) is 1.48. The molecule has 0 spiro atoms. The monoisotopic (exact) mass is 499 g/mol. The Bertz CT molecular complexity index is 1360. The molecule has 0 aliphatic carbocycles. The minimum Gasteiger partial charge on any atom is -0.494 e. The van der Waals surface area contributed by atoms with Crippen LogP contribution in [0, 0.1) is 0 Å². The fraction of sp³-hybridized carbons (Fsp3) is 0.167. The van der Waals surface area contributed by atoms with Crippen LogP contribution in [0.1, 0.15) is 23.2 Å². The molecular weight excluding hydrogens is 478 g/mol. The SMILES string of the molecule is COc1cc(NC(=O)c2cccc(S(=O)(=O)Nc3ccccc3Cl)c2)ccc1N1CCCC1=O. The molecule has 0 aromatic heterocycles. The number of carbonyl (C=O) groups excluding carboxylic acids is 2. The van der Waals surface area contributed by atoms with Crippen molar-refractivity contribution in [2.24, 2.45) is 0 Å². The number of sulfonamides is 1. The number of anilines is 3. The van der Waals surface area contributed by atoms with Crippen LogP contribution >= 0.6 is 11.6 Å². The highest BCUT2D eigenvalue weighted by Crippen LogP contribution is 2.34. The molecule has 3 aromatic carbocycles. The van der Waals surface area contributed by atoms with Gasteiger partial charge in [-0.3, -0.25) is 14.3 Å². The quantitative estimate of drug-likeness (QED) is 0.497. The van der Waals surface area contributed by atoms with E-state index in [-0.39, 0.29) is 27.1 Å². The van der Waals surface area contributed by atoms with E-state index in [1.165, 1.54) is 31.4 Å². The van der Waals surface area contributed by atoms with E-state index in [2.05, 4.69) is 10.0 Å². The van der Waals surface area contributed by atoms with Gasteiger partial charge in [0, 0.05) is 30.3 Å². The van der Waals surface area contributed by atoms with Gasteiger partial charge in [-0.05, 0) is 48.9 Å². The number of para-hydroxylation sites is 1. The van der Waals surface area contributed by atoms with Crippen molar-refractivity contribution in [2.75, 3.05) is 28.6 Å². The lowest BCUT2D eigenvalue weighted by molar-refractivity contribution is -0.117. The summed E-state index contributed by atoms with van der Waals surface area (Å²) in [7, 11) is -2.48. The third kappa shape index (κ3) is 5.00. The first-order valence-corrected chi connectivity index (χ1v) is 12.3. The molecule has 4 rings (SSSR count). The van der Waals surface area contributed by atoms with E-state index in [1.54, 1.807) is 47.4 Å². The third-order valence-corrected chi connectivity index (χ3v) is 7.02. The highest BCUT2D eigenvalue weighted by Gasteiger charge is 2.25. The summed E-state index contributed by atoms with van der Waals surface area (Å²) in [5.74, 6) is -0.0197. The molecule has 34 heavy (non-hydrogen) atoms. The maximum absolute atomic E-state index is 12.8. The second-order valence-corrected chi connectivity index (χ2v) is 9.69. The van der Waals surface area contributed by atoms with E-state index in [0.29, 0.717) is 30.1 Å². The van der Waals surface area contributed by atoms with Gasteiger partial charge < -0.3 is 15.0 Å². The van der Waals surface area contributed by atoms with Crippen LogP contribution in [0.4, 0.5) is 17.1 Å². The summed E-state index contributed by atoms with van der Waals surface area (Å²) in [6, 6.07) is 17.1. The van der Waals surface area contributed by atoms with Gasteiger partial charge in [0.1, 0.15) is 5.75 Å². The molecule has 176 valence electrons. The van der Waals surface area contributed by atoms with Gasteiger partial charge in [0.25, 0.3) is 15.9 Å². The Balaban J connectivity index is 1.53. The number of benzene rings is 3. The number of hydrogen-bond donors (Lipinski definition) is 2. The van der Waals surface area contributed by atoms with Gasteiger partial charge in [-0.25, -0.2) is 8.42 Å². The standard InChI is InChI=1S/C24H22ClN3O5S/c1-33-22-15-17(11-12-21(22)28-13-5-10-23(28)29)26-24(30)16-6-4-7-18(14-16)34(31,32)27-20-9-3-2-8-19(20)25/h2-4,6-9,11-12,14-15,27H,5,10,13H2,1H3,(H,26,30). The van der Waals surface area contributed by atoms with Crippen molar-refractivity contribution in [3.8, 4) is 5.75 Å². The number of carbonyl (C=O) groups is 2. The molecule has 0 unspecified atom stereocenters. The zero-order valence-electron chi connectivity index (χ0n) is 18.2. The molecule has 2 N–H and O–H groups in total. The molecule has 10 heteroatoms. The molecular formula is C24H22ClN3O5S. The van der Waals surface area contributed by atoms with Crippen LogP contribution < -0.4 is 19.7 Å². The summed E-state index contributed by atoms with van der Waals surface area (Å²) in [4.78, 5) is 26.5. The fourth-order valence-electron chi connectivity index (χ4n) is 3.64. The molecule has 0 atom stereocenters. The van der Waals surface area contributed by atoms with E-state index in [1.807, 2.05) is 0 Å². The highest BCUT2D eigenvalue weighted by molar-refractivity contribution is 7.92. The van der Waals surface area contributed by atoms with Crippen LogP contribution in [-0.2, 0) is 14.8 Å². The Labute approximate surface area is 202 Å². The summed E-state index contributed by atoms with van der Waals surface area (Å²) < 4.78 is 33.5. The van der Waals surface area contributed by atoms with Crippen molar-refractivity contribution in [2.45, 2.75) is 17.7 Å². The maximum atomic E-state index is 12.8. The van der Waals surface area contributed by atoms with Gasteiger partial charge in [0.2, 0.25) is 5.91 Å². The first-order chi connectivity index (χ1) is 16.3. The summed E-state index contributed by atoms with van der Waals surface area (Å²) in [6.07, 6.45) is 1.28. The zero-order chi connectivity index (χ0) is 24.3. The van der Waals surface area contributed by atoms with Crippen molar-refractivity contribution in [1.29, 1.82) is 0 Å². The number of amides is 2. The van der Waals surface area contributed by atoms with Crippen LogP contribution in [0.15, 0.2) is 71.6 Å². The van der Waals surface area contributed by atoms with Gasteiger partial charge in [-0.15, -0.1) is 0 Å². The number of nitrogens with one attached hydrogen (secondary N) is 2. The number of rotatable bonds is 7. The van der Waals surface area contributed by atoms with Crippen LogP contribution in [-0.4, -0.2) is 33.9 Å². The third-order valence-electron chi connectivity index (χ3n) is 5.33. The lowest BCUT2D eigenvalue weighted by atomic mass is 10.2. The number of nitrogens with zero attached hydrogens (tertiary/aromatic N) is 1. The van der Waals surface area contributed by atoms with Crippen LogP contribution in [0.5, 0.6) is 5.75 Å². The summed E-state index contributed by atoms with van der Waals surface area (Å²) >= 11 is 6.05. The van der Waals surface area contributed by atoms with Gasteiger partial charge in [0.05, 0.1) is 28.4 Å². The Morgan fingerprint density at radius 3 is 2.56 bits per heavy atom. The van der Waals surface area contributed by atoms with Crippen molar-refractivity contribution in [3.63, 3.8) is 0 Å². The van der Waals surface area contributed by atoms with Crippen LogP contribution in [0.25, 0.3) is 0 Å². The summed E-state index contributed by atoms with van der Waals surface area (Å²) in [6.45, 7) is 0.615. The van der Waals surface area contributed by atoms with Gasteiger partial charge in [-0.2, -0.15) is 0 Å². The second-order valence-electron chi connectivity index (χ2n) is 7.60. The minimum absolute atomic E-state index is 0.0264. The van der Waals surface area contributed by atoms with Crippen molar-refractivity contribution in [1.82, 2.24) is 0 Å². The zero-order valence-corrected chi connectivity index (χ0v) is 19.8. The van der Waals surface area contributed by atoms with Crippen molar-refractivity contribution in [3.05, 3.63) is 77.3 Å². The molecule has 8 nitrogen and oxygen atoms in total. The van der Waals surface area contributed by atoms with Crippen LogP contribution in [0.2, 0.25) is 5.02 Å². The fourth-order valence-corrected chi connectivity index (χ4v) is 5.00. The molecule has 3 aromatic rings. The molecule has 0 saturated carbocycles. The second kappa shape index (κ2) is 9.74. The van der Waals surface area contributed by atoms with Gasteiger partial charge in [-0.1, -0.05) is 29.8 Å². The average Bonchev–Trinajstić information content (AvgIpc) is 3.26. The first kappa shape index (κ1) is 23.6. The first-order valence-electron chi connectivity index (χ1n) is 10.5. The molecule has 1 heterocycles. The smallest absolute Gasteiger partial charge is 0.261 e. The molecule has 1 fully saturated rings. The van der Waals surface area contributed by atoms with E-state index in [4.69, 9.17) is 16.3 Å². The van der Waals surface area contributed by atoms with Gasteiger partial charge in [0.15, 0.2) is 0 Å². The maximum Gasteiger partial charge on any atom is 0.261 e. The predicted octanol–water partition coefficient (Wildman–Crippen LogP) is 4.53. The lowest BCUT2D eigenvalue weighted by Crippen LogP contribution is -2.24. The molecule has 0 bridgehead atoms. The van der Waals surface area contributed by atoms with E-state index < -0.39 is 15.9 Å². The predicted molar refractivity (Wildman–Crippen MR) is 131 cm³/mol. The van der Waals surface area contributed by atoms with Gasteiger partial charge >= 0.3 is 0 Å². The molecule has 1 saturated heterocycles. The van der Waals surface area contributed by atoms with Crippen molar-refractivity contribution >= 4 is 50.5 Å². The lowest BCUT2D eigenvalue weighted by Gasteiger charge is -2.19. The average molecular weight is 500 g/mol. The Hall–Kier alpha value is -3.56. The largest absolute Gasteiger partial charge is 0.494 e. The van der Waals surface area contributed by atoms with Crippen LogP contribution in [0.3, 0.4) is 0 Å². The normalized spacial score (nSPS) is 13.6. The Kier molecular flexibility index (Phi) is 6.76. The topological polar surface area (TPSA) is 105 Å². The number of halogens is 1. The summed E-state index contributed by atoms with van der Waals surface area (Å²) in [5, 5.41) is 3.00.